The van der Waals surface area contributed by atoms with Crippen LogP contribution in [0.5, 0.6) is 5.75 Å². The summed E-state index contributed by atoms with van der Waals surface area (Å²) in [4.78, 5) is 12.9. The molecule has 7 heteroatoms. The van der Waals surface area contributed by atoms with Crippen molar-refractivity contribution < 1.29 is 18.3 Å². The van der Waals surface area contributed by atoms with Gasteiger partial charge in [-0.05, 0) is 36.4 Å². The van der Waals surface area contributed by atoms with Crippen molar-refractivity contribution in [3.63, 3.8) is 0 Å². The zero-order chi connectivity index (χ0) is 16.7. The summed E-state index contributed by atoms with van der Waals surface area (Å²) in [6.45, 7) is -2.94. The molecule has 0 radical (unpaired) electrons. The van der Waals surface area contributed by atoms with Gasteiger partial charge < -0.3 is 10.1 Å². The van der Waals surface area contributed by atoms with Gasteiger partial charge in [0.1, 0.15) is 5.75 Å². The number of halogens is 3. The molecule has 0 saturated carbocycles. The lowest BCUT2D eigenvalue weighted by Crippen LogP contribution is -2.14. The van der Waals surface area contributed by atoms with Crippen molar-refractivity contribution in [2.45, 2.75) is 17.9 Å². The second-order valence-corrected chi connectivity index (χ2v) is 6.08. The lowest BCUT2D eigenvalue weighted by Gasteiger charge is -2.11. The number of hydrogen-bond acceptors (Lipinski definition) is 3. The molecule has 1 N–H and O–H groups in total. The molecular weight excluding hydrogens is 344 g/mol. The van der Waals surface area contributed by atoms with Crippen molar-refractivity contribution >= 4 is 35.0 Å². The van der Waals surface area contributed by atoms with Crippen LogP contribution in [0.1, 0.15) is 6.42 Å². The number of benzene rings is 2. The van der Waals surface area contributed by atoms with Gasteiger partial charge in [-0.3, -0.25) is 4.79 Å². The third-order valence-electron chi connectivity index (χ3n) is 2.79. The summed E-state index contributed by atoms with van der Waals surface area (Å²) in [6.07, 6.45) is 0.246. The first kappa shape index (κ1) is 17.6. The first-order valence-corrected chi connectivity index (χ1v) is 8.13. The highest BCUT2D eigenvalue weighted by Gasteiger charge is 2.11. The maximum Gasteiger partial charge on any atom is 0.387 e. The monoisotopic (exact) mass is 357 g/mol. The fourth-order valence-corrected chi connectivity index (χ4v) is 2.75. The Morgan fingerprint density at radius 1 is 1.17 bits per heavy atom. The third-order valence-corrected chi connectivity index (χ3v) is 4.05. The lowest BCUT2D eigenvalue weighted by molar-refractivity contribution is -0.115. The molecule has 0 atom stereocenters. The highest BCUT2D eigenvalue weighted by atomic mass is 35.5. The Morgan fingerprint density at radius 3 is 2.57 bits per heavy atom. The Balaban J connectivity index is 1.84. The predicted octanol–water partition coefficient (Wildman–Crippen LogP) is 5.06. The summed E-state index contributed by atoms with van der Waals surface area (Å²) in [5.41, 5.74) is 0.231. The molecule has 0 saturated heterocycles. The maximum atomic E-state index is 12.3. The number of carbonyl (C=O) groups excluding carboxylic acids is 1. The van der Waals surface area contributed by atoms with E-state index in [-0.39, 0.29) is 23.8 Å². The number of alkyl halides is 2. The van der Waals surface area contributed by atoms with E-state index in [1.54, 1.807) is 24.3 Å². The Morgan fingerprint density at radius 2 is 1.87 bits per heavy atom. The van der Waals surface area contributed by atoms with Gasteiger partial charge in [0.2, 0.25) is 5.91 Å². The lowest BCUT2D eigenvalue weighted by atomic mass is 10.3. The Bertz CT molecular complexity index is 653. The number of hydrogen-bond donors (Lipinski definition) is 1. The van der Waals surface area contributed by atoms with Crippen LogP contribution in [0.15, 0.2) is 53.4 Å². The summed E-state index contributed by atoms with van der Waals surface area (Å²) in [5, 5.41) is 3.23. The molecule has 0 heterocycles. The topological polar surface area (TPSA) is 38.3 Å². The molecule has 0 aromatic heterocycles. The minimum absolute atomic E-state index is 0.0544. The fourth-order valence-electron chi connectivity index (χ4n) is 1.77. The molecule has 0 aliphatic rings. The molecular formula is C16H14ClF2NO2S. The molecule has 0 bridgehead atoms. The summed E-state index contributed by atoms with van der Waals surface area (Å²) in [6, 6.07) is 13.4. The van der Waals surface area contributed by atoms with E-state index < -0.39 is 6.61 Å². The van der Waals surface area contributed by atoms with E-state index in [4.69, 9.17) is 11.6 Å². The van der Waals surface area contributed by atoms with Crippen molar-refractivity contribution in [3.8, 4) is 5.75 Å². The third kappa shape index (κ3) is 6.08. The number of carbonyl (C=O) groups is 1. The molecule has 23 heavy (non-hydrogen) atoms. The van der Waals surface area contributed by atoms with Crippen LogP contribution in [0, 0.1) is 0 Å². The van der Waals surface area contributed by atoms with Crippen LogP contribution < -0.4 is 10.1 Å². The highest BCUT2D eigenvalue weighted by molar-refractivity contribution is 7.99. The smallest absolute Gasteiger partial charge is 0.387 e. The van der Waals surface area contributed by atoms with Gasteiger partial charge in [0.05, 0.1) is 5.69 Å². The van der Waals surface area contributed by atoms with E-state index in [9.17, 15) is 13.6 Å². The standard InChI is InChI=1S/C16H14ClF2NO2S/c17-11-5-7-12(8-6-11)23-10-9-15(21)20-13-3-1-2-4-14(13)22-16(18)19/h1-8,16H,9-10H2,(H,20,21). The van der Waals surface area contributed by atoms with E-state index in [0.717, 1.165) is 4.90 Å². The van der Waals surface area contributed by atoms with E-state index in [2.05, 4.69) is 10.1 Å². The number of rotatable bonds is 7. The van der Waals surface area contributed by atoms with Crippen molar-refractivity contribution in [2.75, 3.05) is 11.1 Å². The predicted molar refractivity (Wildman–Crippen MR) is 88.5 cm³/mol. The Labute approximate surface area is 142 Å². The van der Waals surface area contributed by atoms with E-state index >= 15 is 0 Å². The first-order valence-electron chi connectivity index (χ1n) is 6.76. The van der Waals surface area contributed by atoms with Gasteiger partial charge >= 0.3 is 6.61 Å². The molecule has 2 aromatic carbocycles. The maximum absolute atomic E-state index is 12.3. The van der Waals surface area contributed by atoms with Crippen LogP contribution in [0.25, 0.3) is 0 Å². The van der Waals surface area contributed by atoms with E-state index in [1.807, 2.05) is 12.1 Å². The number of nitrogens with one attached hydrogen (secondary N) is 1. The van der Waals surface area contributed by atoms with Crippen LogP contribution in [0.2, 0.25) is 5.02 Å². The molecule has 2 aromatic rings. The molecule has 122 valence electrons. The van der Waals surface area contributed by atoms with Gasteiger partial charge in [-0.2, -0.15) is 8.78 Å². The van der Waals surface area contributed by atoms with Crippen molar-refractivity contribution in [2.24, 2.45) is 0 Å². The zero-order valence-electron chi connectivity index (χ0n) is 12.0. The highest BCUT2D eigenvalue weighted by Crippen LogP contribution is 2.26. The second-order valence-electron chi connectivity index (χ2n) is 4.48. The summed E-state index contributed by atoms with van der Waals surface area (Å²) in [7, 11) is 0. The average molecular weight is 358 g/mol. The largest absolute Gasteiger partial charge is 0.433 e. The Hall–Kier alpha value is -1.79. The molecule has 0 aliphatic heterocycles. The fraction of sp³-hybridized carbons (Fsp3) is 0.188. The van der Waals surface area contributed by atoms with Crippen LogP contribution in [0.4, 0.5) is 14.5 Å². The first-order chi connectivity index (χ1) is 11.0. The molecule has 1 amide bonds. The number of amides is 1. The van der Waals surface area contributed by atoms with Crippen LogP contribution in [0.3, 0.4) is 0 Å². The number of anilines is 1. The van der Waals surface area contributed by atoms with Crippen molar-refractivity contribution in [3.05, 3.63) is 53.6 Å². The number of ether oxygens (including phenoxy) is 1. The van der Waals surface area contributed by atoms with Gasteiger partial charge in [0.25, 0.3) is 0 Å². The summed E-state index contributed by atoms with van der Waals surface area (Å²) < 4.78 is 29.0. The minimum atomic E-state index is -2.94. The average Bonchev–Trinajstić information content (AvgIpc) is 2.51. The quantitative estimate of drug-likeness (QED) is 0.704. The normalized spacial score (nSPS) is 10.6. The number of thioether (sulfide) groups is 1. The minimum Gasteiger partial charge on any atom is -0.433 e. The van der Waals surface area contributed by atoms with Gasteiger partial charge in [0.15, 0.2) is 0 Å². The van der Waals surface area contributed by atoms with E-state index in [0.29, 0.717) is 10.8 Å². The molecule has 3 nitrogen and oxygen atoms in total. The molecule has 0 spiro atoms. The van der Waals surface area contributed by atoms with Crippen LogP contribution in [-0.4, -0.2) is 18.3 Å². The summed E-state index contributed by atoms with van der Waals surface area (Å²) in [5.74, 6) is 0.240. The molecule has 2 rings (SSSR count). The van der Waals surface area contributed by atoms with Gasteiger partial charge in [0, 0.05) is 22.1 Å². The SMILES string of the molecule is O=C(CCSc1ccc(Cl)cc1)Nc1ccccc1OC(F)F. The van der Waals surface area contributed by atoms with Crippen molar-refractivity contribution in [1.82, 2.24) is 0 Å². The molecule has 0 aliphatic carbocycles. The zero-order valence-corrected chi connectivity index (χ0v) is 13.5. The Kier molecular flexibility index (Phi) is 6.67. The van der Waals surface area contributed by atoms with Crippen LogP contribution >= 0.6 is 23.4 Å². The van der Waals surface area contributed by atoms with Gasteiger partial charge in [-0.1, -0.05) is 23.7 Å². The van der Waals surface area contributed by atoms with Gasteiger partial charge in [-0.15, -0.1) is 11.8 Å². The van der Waals surface area contributed by atoms with Crippen molar-refractivity contribution in [1.29, 1.82) is 0 Å². The molecule has 0 fully saturated rings. The number of para-hydroxylation sites is 2. The summed E-state index contributed by atoms with van der Waals surface area (Å²) >= 11 is 7.31. The molecule has 0 unspecified atom stereocenters. The van der Waals surface area contributed by atoms with Crippen LogP contribution in [-0.2, 0) is 4.79 Å². The van der Waals surface area contributed by atoms with E-state index in [1.165, 1.54) is 23.9 Å². The van der Waals surface area contributed by atoms with Gasteiger partial charge in [-0.25, -0.2) is 0 Å². The second kappa shape index (κ2) is 8.74.